The number of carbonyl (C=O) groups is 5. The van der Waals surface area contributed by atoms with Crippen LogP contribution in [-0.4, -0.2) is 158 Å². The van der Waals surface area contributed by atoms with Crippen molar-refractivity contribution in [3.8, 4) is 0 Å². The van der Waals surface area contributed by atoms with Crippen molar-refractivity contribution in [3.05, 3.63) is 177 Å². The van der Waals surface area contributed by atoms with E-state index in [4.69, 9.17) is 30.5 Å². The second-order valence-corrected chi connectivity index (χ2v) is 31.7. The van der Waals surface area contributed by atoms with E-state index in [0.29, 0.717) is 68.9 Å². The highest BCUT2D eigenvalue weighted by Crippen LogP contribution is 2.35. The first-order chi connectivity index (χ1) is 51.5. The number of alkyl halides is 4. The molecule has 0 radical (unpaired) electrons. The Morgan fingerprint density at radius 1 is 0.696 bits per heavy atom. The van der Waals surface area contributed by atoms with Crippen molar-refractivity contribution >= 4 is 184 Å². The lowest BCUT2D eigenvalue weighted by atomic mass is 9.92. The zero-order chi connectivity index (χ0) is 80.3. The number of aldehydes is 1. The van der Waals surface area contributed by atoms with Crippen LogP contribution in [-0.2, 0) is 71.4 Å². The number of pyridine rings is 6. The van der Waals surface area contributed by atoms with Crippen molar-refractivity contribution in [2.24, 2.45) is 5.92 Å². The van der Waals surface area contributed by atoms with E-state index in [1.165, 1.54) is 11.1 Å². The maximum Gasteiger partial charge on any atom is 0.446 e. The predicted molar refractivity (Wildman–Crippen MR) is 485 cm³/mol. The van der Waals surface area contributed by atoms with Crippen LogP contribution in [0.1, 0.15) is 145 Å². The average molecular weight is 2060 g/mol. The molecular weight excluding hydrogens is 1950 g/mol. The molecule has 3 amide bonds. The van der Waals surface area contributed by atoms with Crippen LogP contribution in [0.2, 0.25) is 0 Å². The van der Waals surface area contributed by atoms with Gasteiger partial charge in [-0.15, -0.1) is 17.0 Å². The molecule has 12 N–H and O–H groups in total. The van der Waals surface area contributed by atoms with E-state index >= 15 is 0 Å². The quantitative estimate of drug-likeness (QED) is 0.0264. The van der Waals surface area contributed by atoms with Crippen LogP contribution in [0.25, 0.3) is 6.08 Å². The second-order valence-electron chi connectivity index (χ2n) is 26.6. The van der Waals surface area contributed by atoms with Gasteiger partial charge in [-0.25, -0.2) is 34.7 Å². The zero-order valence-corrected chi connectivity index (χ0v) is 73.8. The van der Waals surface area contributed by atoms with Gasteiger partial charge in [0.1, 0.15) is 58.4 Å². The number of ether oxygens (including phenoxy) is 3. The molecule has 0 saturated carbocycles. The second kappa shape index (κ2) is 52.7. The van der Waals surface area contributed by atoms with Gasteiger partial charge in [0.05, 0.1) is 25.7 Å². The van der Waals surface area contributed by atoms with Crippen molar-refractivity contribution in [2.45, 2.75) is 193 Å². The molecule has 1 aliphatic carbocycles. The van der Waals surface area contributed by atoms with Gasteiger partial charge >= 0.3 is 18.2 Å². The number of fused-ring (bicyclic) bond motifs is 5. The van der Waals surface area contributed by atoms with Gasteiger partial charge < -0.3 is 73.1 Å². The van der Waals surface area contributed by atoms with Crippen LogP contribution in [0.15, 0.2) is 138 Å². The minimum absolute atomic E-state index is 0. The van der Waals surface area contributed by atoms with Crippen LogP contribution < -0.4 is 54.0 Å². The number of hydrogen-bond donors (Lipinski definition) is 10. The monoisotopic (exact) mass is 2050 g/mol. The smallest absolute Gasteiger partial charge is 0.446 e. The molecule has 0 spiro atoms. The molecule has 2 unspecified atom stereocenters. The number of nitrogen functional groups attached to an aromatic ring is 2. The topological polar surface area (TPSA) is 345 Å². The lowest BCUT2D eigenvalue weighted by molar-refractivity contribution is -0.156. The number of aromatic nitrogens is 6. The maximum atomic E-state index is 12.6. The first-order valence-electron chi connectivity index (χ1n) is 34.6. The molecular formula is C79H114Br7F3N18O8. The number of nitrogens with zero attached hydrogens (tertiary/aromatic N) is 8. The van der Waals surface area contributed by atoms with E-state index in [2.05, 4.69) is 219 Å². The minimum atomic E-state index is -4.64. The lowest BCUT2D eigenvalue weighted by Crippen LogP contribution is -2.43. The van der Waals surface area contributed by atoms with Gasteiger partial charge in [-0.1, -0.05) is 71.3 Å². The fourth-order valence-corrected chi connectivity index (χ4v) is 12.7. The summed E-state index contributed by atoms with van der Waals surface area (Å²) in [7, 11) is 1.80. The number of likely N-dealkylation sites (N-methyl/N-ethyl adjacent to an activating group) is 1. The Bertz CT molecular complexity index is 4220. The molecule has 638 valence electrons. The van der Waals surface area contributed by atoms with E-state index < -0.39 is 18.1 Å². The van der Waals surface area contributed by atoms with Gasteiger partial charge in [0, 0.05) is 181 Å². The molecule has 0 bridgehead atoms. The van der Waals surface area contributed by atoms with Crippen LogP contribution in [0.3, 0.4) is 0 Å². The Balaban J connectivity index is 0.00000136. The molecule has 6 aromatic rings. The van der Waals surface area contributed by atoms with Crippen molar-refractivity contribution in [1.29, 1.82) is 0 Å². The van der Waals surface area contributed by atoms with E-state index in [0.717, 1.165) is 110 Å². The number of allylic oxidation sites excluding steroid dienone is 2. The standard InChI is InChI=1S/C23H28N4O2.C14H20BrN3O2.C11H16BrN3O2.C9H10BrN3O.C9H12BrN3.C6H6Br2N2.C2HF3O.5CH4.BrH/c1-15-11-25-23-18(13-24-15)10-17(12-26-23)8-9-22(28)27(3)14-21-16(2)19-6-4-5-7-20(19)29-21;1-9-6-16-12-10(5-11(15)7-17-12)8-18(9)13(19)20-14(2,3)4;1-3-17-11(16)7(2)14-5-8-4-9(12)6-15-10(8)13;1-5-9(14)13-8-6(3-11-5)2-7(10)4-12-8;1-6-3-12-9-7(4-11-6)2-8(10)5-13-9;7-2-4-1-5(8)3-10-6(4)9;3-2(4,5)1-6;;;;;;/h4-10,12,15,19-20,24H,11,13-14H2,1-3H3,(H,25,26);5,7,9H,6,8H2,1-4H3,(H,16,17);4,6-7,14H,3,5H2,1-2H3,(H2,13,15);2,4-5,11H,3H2,1H3,(H,12,13,14);2,5-6,11H,3-4H2,1H3,(H,12,13);1,3H,2H2,(H2,9,10);1H;5*1H4;1H/b9-8+;;;;;;;;;;;;/t15-,19?,20?;9-;7-;5-;6-;;;;;;;;/m00000......../s1. The molecule has 11 heterocycles. The van der Waals surface area contributed by atoms with Gasteiger partial charge in [0.2, 0.25) is 18.1 Å². The van der Waals surface area contributed by atoms with Crippen molar-refractivity contribution in [3.63, 3.8) is 0 Å². The molecule has 0 saturated heterocycles. The average Bonchev–Trinajstić information content (AvgIpc) is 1.68. The Morgan fingerprint density at radius 2 is 1.16 bits per heavy atom. The molecule has 5 aliphatic heterocycles. The SMILES string of the molecule is Br.C.C.C.C.C.CC1=C(CN(C)C(=O)/C=C/c2cnc3c(c2)CN[C@@H](C)CN3)OC2C=CC=CC12.CCOC(=O)[C@H](C)NCc1cc(Br)cnc1N.C[C@@H]1NCc2cc(Br)cnc2NC1=O.C[C@H]1CNc2ncc(Br)cc2CN1.C[C@H]1CNc2ncc(Br)cc2CN1C(=O)OC(C)(C)C.Nc1ncc(Br)cc1CBr.O=CC(F)(F)F. The van der Waals surface area contributed by atoms with Gasteiger partial charge in [0.15, 0.2) is 0 Å². The van der Waals surface area contributed by atoms with Crippen molar-refractivity contribution in [2.75, 3.05) is 72.6 Å². The summed E-state index contributed by atoms with van der Waals surface area (Å²) in [5.74, 6) is 5.22. The molecule has 115 heavy (non-hydrogen) atoms. The Kier molecular flexibility index (Phi) is 49.5. The third-order valence-corrected chi connectivity index (χ3v) is 19.2. The summed E-state index contributed by atoms with van der Waals surface area (Å²) in [6.45, 7) is 25.9. The Hall–Kier alpha value is -7.00. The molecule has 7 atom stereocenters. The summed E-state index contributed by atoms with van der Waals surface area (Å²) in [6.07, 6.45) is 16.1. The number of nitrogens with two attached hydrogens (primary N) is 2. The summed E-state index contributed by atoms with van der Waals surface area (Å²) in [5, 5.41) is 26.4. The van der Waals surface area contributed by atoms with E-state index in [9.17, 15) is 32.3 Å². The van der Waals surface area contributed by atoms with Crippen LogP contribution in [0.5, 0.6) is 0 Å². The first-order valence-corrected chi connectivity index (χ1v) is 39.7. The van der Waals surface area contributed by atoms with Crippen molar-refractivity contribution in [1.82, 2.24) is 61.0 Å². The highest BCUT2D eigenvalue weighted by Gasteiger charge is 2.33. The molecule has 0 aromatic carbocycles. The summed E-state index contributed by atoms with van der Waals surface area (Å²) in [4.78, 5) is 85.1. The highest BCUT2D eigenvalue weighted by molar-refractivity contribution is 9.11. The maximum absolute atomic E-state index is 12.6. The van der Waals surface area contributed by atoms with Crippen LogP contribution >= 0.6 is 113 Å². The van der Waals surface area contributed by atoms with E-state index in [1.54, 1.807) is 67.8 Å². The number of rotatable bonds is 10. The molecule has 0 fully saturated rings. The minimum Gasteiger partial charge on any atom is -0.488 e. The molecule has 36 heteroatoms. The molecule has 6 aliphatic rings. The number of nitrogens with one attached hydrogen (secondary N) is 8. The van der Waals surface area contributed by atoms with Gasteiger partial charge in [-0.05, 0) is 209 Å². The number of carbonyl (C=O) groups excluding carboxylic acids is 5. The third-order valence-electron chi connectivity index (χ3n) is 16.5. The number of halogens is 10. The molecule has 26 nitrogen and oxygen atoms in total. The number of esters is 1. The third kappa shape index (κ3) is 36.8. The predicted octanol–water partition coefficient (Wildman–Crippen LogP) is 17.6. The summed E-state index contributed by atoms with van der Waals surface area (Å²) >= 11 is 20.1. The van der Waals surface area contributed by atoms with E-state index in [-0.39, 0.29) is 108 Å². The van der Waals surface area contributed by atoms with Gasteiger partial charge in [0.25, 0.3) is 0 Å². The van der Waals surface area contributed by atoms with Crippen molar-refractivity contribution < 1.29 is 51.4 Å². The lowest BCUT2D eigenvalue weighted by Gasteiger charge is -2.30. The molecule has 12 rings (SSSR count). The normalized spacial score (nSPS) is 17.9. The van der Waals surface area contributed by atoms with Gasteiger partial charge in [-0.3, -0.25) is 24.1 Å². The zero-order valence-electron chi connectivity index (χ0n) is 62.6. The van der Waals surface area contributed by atoms with Gasteiger partial charge in [-0.2, -0.15) is 13.2 Å². The highest BCUT2D eigenvalue weighted by atomic mass is 79.9. The fraction of sp³-hybridized carbons (Fsp3) is 0.456. The summed E-state index contributed by atoms with van der Waals surface area (Å²) < 4.78 is 52.3. The first kappa shape index (κ1) is 108. The Morgan fingerprint density at radius 3 is 1.68 bits per heavy atom. The summed E-state index contributed by atoms with van der Waals surface area (Å²) in [6, 6.07) is 12.3. The largest absolute Gasteiger partial charge is 0.488 e. The fourth-order valence-electron chi connectivity index (χ4n) is 10.4. The van der Waals surface area contributed by atoms with Crippen LogP contribution in [0, 0.1) is 5.92 Å². The molecule has 6 aromatic heterocycles. The van der Waals surface area contributed by atoms with E-state index in [1.807, 2.05) is 77.2 Å². The Labute approximate surface area is 737 Å². The number of hydrogen-bond acceptors (Lipinski definition) is 23. The number of anilines is 6. The summed E-state index contributed by atoms with van der Waals surface area (Å²) in [5.41, 5.74) is 19.0. The van der Waals surface area contributed by atoms with Crippen LogP contribution in [0.4, 0.5) is 52.9 Å². The number of amides is 3.